The maximum atomic E-state index is 13.3. The Kier molecular flexibility index (Phi) is 6.79. The summed E-state index contributed by atoms with van der Waals surface area (Å²) in [5.41, 5.74) is 1.05. The SMILES string of the molecule is C=CCn1c(S[C@@H](C)C(=O)NC(=O)NCC)nc2sc3c(c2c1=O)CC[C@@H](C)C3. The van der Waals surface area contributed by atoms with Crippen molar-refractivity contribution >= 4 is 45.3 Å². The number of fused-ring (bicyclic) bond motifs is 3. The first kappa shape index (κ1) is 21.6. The Morgan fingerprint density at radius 3 is 2.93 bits per heavy atom. The van der Waals surface area contributed by atoms with E-state index in [1.807, 2.05) is 0 Å². The summed E-state index contributed by atoms with van der Waals surface area (Å²) in [6, 6.07) is -0.531. The molecule has 3 rings (SSSR count). The van der Waals surface area contributed by atoms with Gasteiger partial charge >= 0.3 is 6.03 Å². The number of hydrogen-bond donors (Lipinski definition) is 2. The maximum Gasteiger partial charge on any atom is 0.321 e. The van der Waals surface area contributed by atoms with Crippen LogP contribution in [0.3, 0.4) is 0 Å². The number of thiophene rings is 1. The van der Waals surface area contributed by atoms with Gasteiger partial charge in [0.1, 0.15) is 4.83 Å². The molecule has 0 bridgehead atoms. The van der Waals surface area contributed by atoms with Crippen LogP contribution in [0.5, 0.6) is 0 Å². The molecule has 2 aromatic heterocycles. The zero-order valence-corrected chi connectivity index (χ0v) is 18.5. The molecule has 0 aromatic carbocycles. The van der Waals surface area contributed by atoms with Gasteiger partial charge in [-0.3, -0.25) is 19.5 Å². The van der Waals surface area contributed by atoms with Crippen molar-refractivity contribution < 1.29 is 9.59 Å². The molecule has 2 heterocycles. The number of nitrogens with one attached hydrogen (secondary N) is 2. The number of hydrogen-bond acceptors (Lipinski definition) is 6. The van der Waals surface area contributed by atoms with Gasteiger partial charge in [0.15, 0.2) is 5.16 Å². The molecule has 0 radical (unpaired) electrons. The minimum atomic E-state index is -0.590. The van der Waals surface area contributed by atoms with Crippen LogP contribution in [-0.2, 0) is 24.2 Å². The first-order valence-corrected chi connectivity index (χ1v) is 11.5. The summed E-state index contributed by atoms with van der Waals surface area (Å²) in [6.07, 6.45) is 4.61. The number of aryl methyl sites for hydroxylation is 1. The summed E-state index contributed by atoms with van der Waals surface area (Å²) in [5.74, 6) is 0.178. The van der Waals surface area contributed by atoms with Gasteiger partial charge in [0.2, 0.25) is 5.91 Å². The van der Waals surface area contributed by atoms with Crippen molar-refractivity contribution in [3.8, 4) is 0 Å². The Hall–Kier alpha value is -2.13. The van der Waals surface area contributed by atoms with Gasteiger partial charge in [-0.05, 0) is 44.6 Å². The Morgan fingerprint density at radius 1 is 1.48 bits per heavy atom. The molecular weight excluding hydrogens is 408 g/mol. The second-order valence-corrected chi connectivity index (χ2v) is 9.63. The summed E-state index contributed by atoms with van der Waals surface area (Å²) >= 11 is 2.76. The summed E-state index contributed by atoms with van der Waals surface area (Å²) in [6.45, 7) is 10.2. The molecule has 2 atom stereocenters. The number of urea groups is 1. The molecule has 156 valence electrons. The van der Waals surface area contributed by atoms with E-state index in [1.165, 1.54) is 16.6 Å². The molecule has 0 saturated heterocycles. The quantitative estimate of drug-likeness (QED) is 0.414. The number of nitrogens with zero attached hydrogens (tertiary/aromatic N) is 2. The highest BCUT2D eigenvalue weighted by atomic mass is 32.2. The predicted octanol–water partition coefficient (Wildman–Crippen LogP) is 3.10. The fourth-order valence-corrected chi connectivity index (χ4v) is 5.76. The molecule has 0 spiro atoms. The second kappa shape index (κ2) is 9.13. The largest absolute Gasteiger partial charge is 0.338 e. The third kappa shape index (κ3) is 4.56. The van der Waals surface area contributed by atoms with Crippen LogP contribution in [0, 0.1) is 5.92 Å². The van der Waals surface area contributed by atoms with Gasteiger partial charge in [0.05, 0.1) is 10.6 Å². The van der Waals surface area contributed by atoms with E-state index in [-0.39, 0.29) is 5.56 Å². The Labute approximate surface area is 178 Å². The number of rotatable bonds is 6. The number of imide groups is 1. The first-order chi connectivity index (χ1) is 13.8. The number of carbonyl (C=O) groups excluding carboxylic acids is 2. The van der Waals surface area contributed by atoms with Crippen molar-refractivity contribution in [3.05, 3.63) is 33.4 Å². The lowest BCUT2D eigenvalue weighted by atomic mass is 9.89. The van der Waals surface area contributed by atoms with Gasteiger partial charge in [-0.25, -0.2) is 9.78 Å². The molecule has 0 fully saturated rings. The monoisotopic (exact) mass is 434 g/mol. The summed E-state index contributed by atoms with van der Waals surface area (Å²) in [5, 5.41) is 5.42. The average Bonchev–Trinajstić information content (AvgIpc) is 3.02. The van der Waals surface area contributed by atoms with Crippen LogP contribution in [-0.4, -0.2) is 33.3 Å². The Morgan fingerprint density at radius 2 is 2.24 bits per heavy atom. The Bertz CT molecular complexity index is 1010. The number of carbonyl (C=O) groups is 2. The van der Waals surface area contributed by atoms with E-state index >= 15 is 0 Å². The van der Waals surface area contributed by atoms with Crippen LogP contribution < -0.4 is 16.2 Å². The van der Waals surface area contributed by atoms with Gasteiger partial charge in [-0.2, -0.15) is 0 Å². The first-order valence-electron chi connectivity index (χ1n) is 9.77. The third-order valence-electron chi connectivity index (χ3n) is 4.92. The molecule has 2 aromatic rings. The lowest BCUT2D eigenvalue weighted by Gasteiger charge is -2.18. The average molecular weight is 435 g/mol. The fraction of sp³-hybridized carbons (Fsp3) is 0.500. The van der Waals surface area contributed by atoms with E-state index in [9.17, 15) is 14.4 Å². The van der Waals surface area contributed by atoms with E-state index in [0.29, 0.717) is 29.6 Å². The van der Waals surface area contributed by atoms with Gasteiger partial charge in [0, 0.05) is 18.0 Å². The molecule has 3 amide bonds. The lowest BCUT2D eigenvalue weighted by molar-refractivity contribution is -0.119. The van der Waals surface area contributed by atoms with Gasteiger partial charge in [-0.15, -0.1) is 17.9 Å². The summed E-state index contributed by atoms with van der Waals surface area (Å²) in [4.78, 5) is 43.9. The van der Waals surface area contributed by atoms with E-state index in [0.717, 1.165) is 29.7 Å². The third-order valence-corrected chi connectivity index (χ3v) is 7.16. The second-order valence-electron chi connectivity index (χ2n) is 7.24. The normalized spacial score (nSPS) is 16.9. The lowest BCUT2D eigenvalue weighted by Crippen LogP contribution is -2.42. The summed E-state index contributed by atoms with van der Waals surface area (Å²) < 4.78 is 1.57. The van der Waals surface area contributed by atoms with E-state index < -0.39 is 17.2 Å². The van der Waals surface area contributed by atoms with Crippen molar-refractivity contribution in [1.29, 1.82) is 0 Å². The molecule has 0 unspecified atom stereocenters. The Balaban J connectivity index is 1.96. The number of thioether (sulfide) groups is 1. The highest BCUT2D eigenvalue weighted by molar-refractivity contribution is 8.00. The molecule has 2 N–H and O–H groups in total. The molecule has 1 aliphatic rings. The molecule has 29 heavy (non-hydrogen) atoms. The number of amides is 3. The van der Waals surface area contributed by atoms with Crippen molar-refractivity contribution in [1.82, 2.24) is 20.2 Å². The highest BCUT2D eigenvalue weighted by Gasteiger charge is 2.26. The topological polar surface area (TPSA) is 93.1 Å². The van der Waals surface area contributed by atoms with Crippen molar-refractivity contribution in [2.75, 3.05) is 6.54 Å². The van der Waals surface area contributed by atoms with Crippen LogP contribution in [0.25, 0.3) is 10.2 Å². The van der Waals surface area contributed by atoms with Crippen molar-refractivity contribution in [2.45, 2.75) is 57.0 Å². The standard InChI is InChI=1S/C20H26N4O3S2/c1-5-9-24-18(26)15-13-8-7-11(3)10-14(13)29-17(15)23-20(24)28-12(4)16(25)22-19(27)21-6-2/h5,11-12H,1,6-10H2,2-4H3,(H2,21,22,25,27)/t11-,12+/m1/s1. The van der Waals surface area contributed by atoms with E-state index in [1.54, 1.807) is 35.8 Å². The van der Waals surface area contributed by atoms with Crippen LogP contribution in [0.15, 0.2) is 22.6 Å². The van der Waals surface area contributed by atoms with Crippen LogP contribution >= 0.6 is 23.1 Å². The zero-order valence-electron chi connectivity index (χ0n) is 16.9. The molecule has 1 aliphatic carbocycles. The fourth-order valence-electron chi connectivity index (χ4n) is 3.41. The molecule has 7 nitrogen and oxygen atoms in total. The smallest absolute Gasteiger partial charge is 0.321 e. The van der Waals surface area contributed by atoms with Crippen molar-refractivity contribution in [3.63, 3.8) is 0 Å². The van der Waals surface area contributed by atoms with Crippen molar-refractivity contribution in [2.24, 2.45) is 5.92 Å². The number of allylic oxidation sites excluding steroid dienone is 1. The zero-order chi connectivity index (χ0) is 21.1. The minimum absolute atomic E-state index is 0.0826. The molecule has 0 aliphatic heterocycles. The highest BCUT2D eigenvalue weighted by Crippen LogP contribution is 2.36. The van der Waals surface area contributed by atoms with Crippen LogP contribution in [0.2, 0.25) is 0 Å². The van der Waals surface area contributed by atoms with Gasteiger partial charge in [-0.1, -0.05) is 24.8 Å². The molecular formula is C20H26N4O3S2. The maximum absolute atomic E-state index is 13.3. The predicted molar refractivity (Wildman–Crippen MR) is 118 cm³/mol. The number of aromatic nitrogens is 2. The van der Waals surface area contributed by atoms with Gasteiger partial charge < -0.3 is 5.32 Å². The molecule has 9 heteroatoms. The minimum Gasteiger partial charge on any atom is -0.338 e. The van der Waals surface area contributed by atoms with Crippen LogP contribution in [0.4, 0.5) is 4.79 Å². The van der Waals surface area contributed by atoms with E-state index in [4.69, 9.17) is 4.98 Å². The molecule has 0 saturated carbocycles. The van der Waals surface area contributed by atoms with Crippen LogP contribution in [0.1, 0.15) is 37.6 Å². The van der Waals surface area contributed by atoms with E-state index in [2.05, 4.69) is 24.1 Å². The van der Waals surface area contributed by atoms with Gasteiger partial charge in [0.25, 0.3) is 5.56 Å². The summed E-state index contributed by atoms with van der Waals surface area (Å²) in [7, 11) is 0.